The highest BCUT2D eigenvalue weighted by Crippen LogP contribution is 2.38. The van der Waals surface area contributed by atoms with E-state index in [1.165, 1.54) is 65.5 Å². The molecule has 8 nitrogen and oxygen atoms in total. The molecule has 1 aliphatic heterocycles. The molecular formula is C26H20F2N4O4. The average molecular weight is 490 g/mol. The summed E-state index contributed by atoms with van der Waals surface area (Å²) in [6, 6.07) is 13.6. The second-order valence-corrected chi connectivity index (χ2v) is 7.89. The molecule has 0 fully saturated rings. The van der Waals surface area contributed by atoms with Gasteiger partial charge in [0, 0.05) is 42.4 Å². The van der Waals surface area contributed by atoms with Crippen molar-refractivity contribution in [1.82, 2.24) is 9.55 Å². The third-order valence-corrected chi connectivity index (χ3v) is 5.43. The SMILES string of the molecule is O=C(Nc1ccc(Oc2ccnc3c2OCCCN3)c(F)c1)c1cccn(-c2ccc(F)cc2)c1=O. The summed E-state index contributed by atoms with van der Waals surface area (Å²) in [7, 11) is 0. The van der Waals surface area contributed by atoms with Crippen molar-refractivity contribution < 1.29 is 23.0 Å². The van der Waals surface area contributed by atoms with E-state index in [4.69, 9.17) is 9.47 Å². The molecule has 0 bridgehead atoms. The second kappa shape index (κ2) is 9.87. The van der Waals surface area contributed by atoms with Gasteiger partial charge in [0.25, 0.3) is 11.5 Å². The van der Waals surface area contributed by atoms with Crippen LogP contribution in [0.4, 0.5) is 20.3 Å². The van der Waals surface area contributed by atoms with Crippen molar-refractivity contribution in [3.63, 3.8) is 0 Å². The number of nitrogens with one attached hydrogen (secondary N) is 2. The fourth-order valence-electron chi connectivity index (χ4n) is 3.68. The molecule has 0 saturated carbocycles. The van der Waals surface area contributed by atoms with Crippen LogP contribution in [0.3, 0.4) is 0 Å². The van der Waals surface area contributed by atoms with E-state index in [1.54, 1.807) is 6.07 Å². The fourth-order valence-corrected chi connectivity index (χ4v) is 3.68. The Morgan fingerprint density at radius 1 is 1.08 bits per heavy atom. The highest BCUT2D eigenvalue weighted by atomic mass is 19.1. The van der Waals surface area contributed by atoms with Crippen LogP contribution in [0.2, 0.25) is 0 Å². The molecule has 0 unspecified atom stereocenters. The summed E-state index contributed by atoms with van der Waals surface area (Å²) >= 11 is 0. The summed E-state index contributed by atoms with van der Waals surface area (Å²) in [5.74, 6) is -0.751. The number of halogens is 2. The van der Waals surface area contributed by atoms with Gasteiger partial charge in [-0.1, -0.05) is 0 Å². The van der Waals surface area contributed by atoms with Gasteiger partial charge in [-0.3, -0.25) is 14.2 Å². The Morgan fingerprint density at radius 2 is 1.92 bits per heavy atom. The van der Waals surface area contributed by atoms with E-state index < -0.39 is 23.1 Å². The standard InChI is InChI=1S/C26H20F2N4O4/c27-16-4-7-18(8-5-16)32-13-1-3-19(26(32)34)25(33)31-17-6-9-21(20(28)15-17)36-22-10-12-30-24-23(22)35-14-2-11-29-24/h1,3-10,12-13,15H,2,11,14H2,(H,29,30)(H,31,33). The molecule has 2 aromatic heterocycles. The molecule has 3 heterocycles. The zero-order valence-electron chi connectivity index (χ0n) is 18.8. The van der Waals surface area contributed by atoms with Crippen molar-refractivity contribution in [3.8, 4) is 22.9 Å². The van der Waals surface area contributed by atoms with Gasteiger partial charge in [0.05, 0.1) is 6.61 Å². The van der Waals surface area contributed by atoms with Crippen LogP contribution in [-0.2, 0) is 0 Å². The van der Waals surface area contributed by atoms with E-state index in [1.807, 2.05) is 0 Å². The predicted octanol–water partition coefficient (Wildman–Crippen LogP) is 4.75. The summed E-state index contributed by atoms with van der Waals surface area (Å²) in [4.78, 5) is 29.8. The van der Waals surface area contributed by atoms with Gasteiger partial charge in [0.1, 0.15) is 11.4 Å². The number of carbonyl (C=O) groups excluding carboxylic acids is 1. The summed E-state index contributed by atoms with van der Waals surface area (Å²) < 4.78 is 40.7. The third-order valence-electron chi connectivity index (χ3n) is 5.43. The number of ether oxygens (including phenoxy) is 2. The smallest absolute Gasteiger partial charge is 0.267 e. The van der Waals surface area contributed by atoms with Gasteiger partial charge in [-0.05, 0) is 55.0 Å². The number of carbonyl (C=O) groups is 1. The van der Waals surface area contributed by atoms with Crippen LogP contribution in [0.15, 0.2) is 77.9 Å². The highest BCUT2D eigenvalue weighted by Gasteiger charge is 2.18. The zero-order valence-corrected chi connectivity index (χ0v) is 18.8. The lowest BCUT2D eigenvalue weighted by atomic mass is 10.2. The minimum Gasteiger partial charge on any atom is -0.486 e. The van der Waals surface area contributed by atoms with Gasteiger partial charge in [0.2, 0.25) is 5.75 Å². The maximum Gasteiger partial charge on any atom is 0.267 e. The van der Waals surface area contributed by atoms with E-state index in [0.717, 1.165) is 12.5 Å². The monoisotopic (exact) mass is 490 g/mol. The number of anilines is 2. The molecule has 10 heteroatoms. The van der Waals surface area contributed by atoms with Crippen molar-refractivity contribution in [2.75, 3.05) is 23.8 Å². The molecule has 1 aliphatic rings. The van der Waals surface area contributed by atoms with Gasteiger partial charge in [-0.15, -0.1) is 0 Å². The lowest BCUT2D eigenvalue weighted by Gasteiger charge is -2.14. The average Bonchev–Trinajstić information content (AvgIpc) is 3.13. The Kier molecular flexibility index (Phi) is 6.31. The van der Waals surface area contributed by atoms with E-state index in [2.05, 4.69) is 15.6 Å². The van der Waals surface area contributed by atoms with Crippen LogP contribution in [0.1, 0.15) is 16.8 Å². The quantitative estimate of drug-likeness (QED) is 0.419. The third kappa shape index (κ3) is 4.74. The first-order valence-corrected chi connectivity index (χ1v) is 11.1. The van der Waals surface area contributed by atoms with Crippen LogP contribution in [-0.4, -0.2) is 28.6 Å². The Labute approximate surface area is 204 Å². The molecule has 0 atom stereocenters. The van der Waals surface area contributed by atoms with Gasteiger partial charge in [0.15, 0.2) is 23.1 Å². The Morgan fingerprint density at radius 3 is 2.72 bits per heavy atom. The first-order chi connectivity index (χ1) is 17.5. The van der Waals surface area contributed by atoms with Crippen molar-refractivity contribution in [2.45, 2.75) is 6.42 Å². The lowest BCUT2D eigenvalue weighted by molar-refractivity contribution is 0.102. The Hall–Kier alpha value is -4.73. The second-order valence-electron chi connectivity index (χ2n) is 7.89. The van der Waals surface area contributed by atoms with Crippen LogP contribution in [0, 0.1) is 11.6 Å². The van der Waals surface area contributed by atoms with Gasteiger partial charge in [-0.2, -0.15) is 0 Å². The minimum absolute atomic E-state index is 0.0763. The largest absolute Gasteiger partial charge is 0.486 e. The van der Waals surface area contributed by atoms with E-state index in [-0.39, 0.29) is 17.0 Å². The summed E-state index contributed by atoms with van der Waals surface area (Å²) in [5.41, 5.74) is -0.231. The molecule has 1 amide bonds. The van der Waals surface area contributed by atoms with Crippen LogP contribution < -0.4 is 25.7 Å². The number of hydrogen-bond acceptors (Lipinski definition) is 6. The van der Waals surface area contributed by atoms with Gasteiger partial charge < -0.3 is 20.1 Å². The van der Waals surface area contributed by atoms with Crippen LogP contribution >= 0.6 is 0 Å². The molecule has 182 valence electrons. The van der Waals surface area contributed by atoms with Crippen molar-refractivity contribution in [3.05, 3.63) is 101 Å². The van der Waals surface area contributed by atoms with Gasteiger partial charge in [-0.25, -0.2) is 13.8 Å². The topological polar surface area (TPSA) is 94.5 Å². The maximum atomic E-state index is 14.9. The van der Waals surface area contributed by atoms with Crippen LogP contribution in [0.25, 0.3) is 5.69 Å². The van der Waals surface area contributed by atoms with E-state index >= 15 is 0 Å². The molecule has 2 N–H and O–H groups in total. The first-order valence-electron chi connectivity index (χ1n) is 11.1. The van der Waals surface area contributed by atoms with Crippen molar-refractivity contribution >= 4 is 17.4 Å². The van der Waals surface area contributed by atoms with Crippen molar-refractivity contribution in [1.29, 1.82) is 0 Å². The molecule has 0 aliphatic carbocycles. The Balaban J connectivity index is 1.35. The summed E-state index contributed by atoms with van der Waals surface area (Å²) in [6.07, 6.45) is 3.78. The number of aromatic nitrogens is 2. The molecule has 0 radical (unpaired) electrons. The molecule has 5 rings (SSSR count). The van der Waals surface area contributed by atoms with Crippen LogP contribution in [0.5, 0.6) is 17.2 Å². The summed E-state index contributed by atoms with van der Waals surface area (Å²) in [5, 5.41) is 5.66. The number of rotatable bonds is 5. The number of nitrogens with zero attached hydrogens (tertiary/aromatic N) is 2. The molecule has 36 heavy (non-hydrogen) atoms. The highest BCUT2D eigenvalue weighted by molar-refractivity contribution is 6.04. The maximum absolute atomic E-state index is 14.9. The molecule has 4 aromatic rings. The Bertz CT molecular complexity index is 1490. The fraction of sp³-hybridized carbons (Fsp3) is 0.115. The molecule has 2 aromatic carbocycles. The van der Waals surface area contributed by atoms with E-state index in [0.29, 0.717) is 36.2 Å². The first kappa shape index (κ1) is 23.0. The van der Waals surface area contributed by atoms with E-state index in [9.17, 15) is 18.4 Å². The lowest BCUT2D eigenvalue weighted by Crippen LogP contribution is -2.27. The number of fused-ring (bicyclic) bond motifs is 1. The number of hydrogen-bond donors (Lipinski definition) is 2. The normalized spacial score (nSPS) is 12.5. The number of pyridine rings is 2. The molecule has 0 spiro atoms. The predicted molar refractivity (Wildman–Crippen MR) is 129 cm³/mol. The molecule has 0 saturated heterocycles. The molecular weight excluding hydrogens is 470 g/mol. The zero-order chi connectivity index (χ0) is 25.1. The van der Waals surface area contributed by atoms with Gasteiger partial charge >= 0.3 is 0 Å². The van der Waals surface area contributed by atoms with Crippen molar-refractivity contribution in [2.24, 2.45) is 0 Å². The number of amides is 1. The summed E-state index contributed by atoms with van der Waals surface area (Å²) in [6.45, 7) is 1.17. The number of benzene rings is 2. The minimum atomic E-state index is -0.725.